The van der Waals surface area contributed by atoms with Gasteiger partial charge in [-0.1, -0.05) is 36.4 Å². The highest BCUT2D eigenvalue weighted by Crippen LogP contribution is 2.19. The maximum Gasteiger partial charge on any atom is 0.130 e. The van der Waals surface area contributed by atoms with Gasteiger partial charge in [-0.3, -0.25) is 0 Å². The molecule has 0 heterocycles. The van der Waals surface area contributed by atoms with Crippen LogP contribution in [0.4, 0.5) is 0 Å². The van der Waals surface area contributed by atoms with Crippen molar-refractivity contribution >= 4 is 11.6 Å². The Morgan fingerprint density at radius 2 is 2.13 bits per heavy atom. The number of hydrogen-bond acceptors (Lipinski definition) is 1. The number of para-hydroxylation sites is 1. The summed E-state index contributed by atoms with van der Waals surface area (Å²) in [6, 6.07) is 7.81. The molecule has 78 valence electrons. The fourth-order valence-corrected chi connectivity index (χ4v) is 1.15. The van der Waals surface area contributed by atoms with E-state index >= 15 is 0 Å². The Hall–Kier alpha value is -1.47. The molecule has 0 bridgehead atoms. The third-order valence-corrected chi connectivity index (χ3v) is 2.00. The van der Waals surface area contributed by atoms with Crippen LogP contribution in [0.3, 0.4) is 0 Å². The zero-order valence-corrected chi connectivity index (χ0v) is 9.37. The monoisotopic (exact) mass is 220 g/mol. The first-order valence-corrected chi connectivity index (χ1v) is 5.04. The largest absolute Gasteiger partial charge is 0.457 e. The summed E-state index contributed by atoms with van der Waals surface area (Å²) in [6.07, 6.45) is 5.09. The standard InChI is InChI=1S/C13H13ClO/c1-3-12(8-6-10-14)15-13-9-5-4-7-11(13)2/h3-10H,1H2,2H3/b10-6+,12-8+. The van der Waals surface area contributed by atoms with Crippen molar-refractivity contribution in [2.24, 2.45) is 0 Å². The lowest BCUT2D eigenvalue weighted by atomic mass is 10.2. The Bertz CT molecular complexity index is 391. The quantitative estimate of drug-likeness (QED) is 0.546. The van der Waals surface area contributed by atoms with E-state index in [0.29, 0.717) is 5.76 Å². The molecule has 0 fully saturated rings. The van der Waals surface area contributed by atoms with Crippen molar-refractivity contribution in [2.75, 3.05) is 0 Å². The molecule has 1 rings (SSSR count). The molecule has 0 amide bonds. The van der Waals surface area contributed by atoms with Crippen LogP contribution in [0.5, 0.6) is 5.75 Å². The number of ether oxygens (including phenoxy) is 1. The number of benzene rings is 1. The zero-order chi connectivity index (χ0) is 11.1. The van der Waals surface area contributed by atoms with Crippen molar-refractivity contribution in [1.29, 1.82) is 0 Å². The number of halogens is 1. The molecule has 0 aromatic heterocycles. The van der Waals surface area contributed by atoms with Crippen LogP contribution < -0.4 is 4.74 Å². The molecule has 0 unspecified atom stereocenters. The predicted molar refractivity (Wildman–Crippen MR) is 65.1 cm³/mol. The second kappa shape index (κ2) is 6.10. The molecule has 0 spiro atoms. The van der Waals surface area contributed by atoms with Crippen molar-refractivity contribution in [3.05, 3.63) is 65.9 Å². The van der Waals surface area contributed by atoms with Crippen LogP contribution in [0.15, 0.2) is 60.4 Å². The van der Waals surface area contributed by atoms with Gasteiger partial charge >= 0.3 is 0 Å². The van der Waals surface area contributed by atoms with Crippen molar-refractivity contribution in [3.63, 3.8) is 0 Å². The van der Waals surface area contributed by atoms with Crippen LogP contribution in [0.25, 0.3) is 0 Å². The van der Waals surface area contributed by atoms with E-state index in [2.05, 4.69) is 6.58 Å². The van der Waals surface area contributed by atoms with Crippen LogP contribution in [-0.4, -0.2) is 0 Å². The SMILES string of the molecule is C=C/C(=C\C=C\Cl)Oc1ccccc1C. The lowest BCUT2D eigenvalue weighted by molar-refractivity contribution is 0.441. The molecule has 0 atom stereocenters. The Kier molecular flexibility index (Phi) is 4.72. The topological polar surface area (TPSA) is 9.23 Å². The van der Waals surface area contributed by atoms with Gasteiger partial charge in [-0.2, -0.15) is 0 Å². The van der Waals surface area contributed by atoms with Gasteiger partial charge in [-0.05, 0) is 36.8 Å². The van der Waals surface area contributed by atoms with E-state index < -0.39 is 0 Å². The van der Waals surface area contributed by atoms with E-state index in [0.717, 1.165) is 11.3 Å². The van der Waals surface area contributed by atoms with Crippen LogP contribution in [-0.2, 0) is 0 Å². The average molecular weight is 221 g/mol. The Labute approximate surface area is 95.3 Å². The lowest BCUT2D eigenvalue weighted by Crippen LogP contribution is -1.93. The Morgan fingerprint density at radius 1 is 1.40 bits per heavy atom. The van der Waals surface area contributed by atoms with E-state index in [1.54, 1.807) is 18.2 Å². The molecule has 0 aliphatic carbocycles. The summed E-state index contributed by atoms with van der Waals surface area (Å²) in [7, 11) is 0. The summed E-state index contributed by atoms with van der Waals surface area (Å²) >= 11 is 5.42. The van der Waals surface area contributed by atoms with Gasteiger partial charge in [0.15, 0.2) is 0 Å². The number of hydrogen-bond donors (Lipinski definition) is 0. The first-order chi connectivity index (χ1) is 7.27. The Morgan fingerprint density at radius 3 is 2.73 bits per heavy atom. The molecule has 1 aromatic rings. The van der Waals surface area contributed by atoms with Crippen molar-refractivity contribution in [2.45, 2.75) is 6.92 Å². The average Bonchev–Trinajstić information content (AvgIpc) is 2.26. The third-order valence-electron chi connectivity index (χ3n) is 1.86. The molecule has 1 nitrogen and oxygen atoms in total. The van der Waals surface area contributed by atoms with E-state index in [1.165, 1.54) is 5.54 Å². The third kappa shape index (κ3) is 3.64. The second-order valence-electron chi connectivity index (χ2n) is 2.96. The summed E-state index contributed by atoms with van der Waals surface area (Å²) < 4.78 is 5.63. The molecule has 0 aliphatic rings. The molecular formula is C13H13ClO. The summed E-state index contributed by atoms with van der Waals surface area (Å²) in [6.45, 7) is 5.66. The van der Waals surface area contributed by atoms with Gasteiger partial charge in [0.05, 0.1) is 0 Å². The second-order valence-corrected chi connectivity index (χ2v) is 3.21. The maximum atomic E-state index is 5.63. The summed E-state index contributed by atoms with van der Waals surface area (Å²) in [5.41, 5.74) is 2.50. The van der Waals surface area contributed by atoms with Crippen LogP contribution in [0, 0.1) is 6.92 Å². The summed E-state index contributed by atoms with van der Waals surface area (Å²) in [5.74, 6) is 1.49. The molecular weight excluding hydrogens is 208 g/mol. The zero-order valence-electron chi connectivity index (χ0n) is 8.61. The van der Waals surface area contributed by atoms with Gasteiger partial charge < -0.3 is 4.74 Å². The fraction of sp³-hybridized carbons (Fsp3) is 0.0769. The van der Waals surface area contributed by atoms with Gasteiger partial charge in [-0.25, -0.2) is 0 Å². The highest BCUT2D eigenvalue weighted by atomic mass is 35.5. The van der Waals surface area contributed by atoms with Crippen molar-refractivity contribution in [3.8, 4) is 5.75 Å². The highest BCUT2D eigenvalue weighted by Gasteiger charge is 1.98. The van der Waals surface area contributed by atoms with Crippen LogP contribution >= 0.6 is 11.6 Å². The maximum absolute atomic E-state index is 5.63. The molecule has 0 aliphatic heterocycles. The number of allylic oxidation sites excluding steroid dienone is 3. The highest BCUT2D eigenvalue weighted by molar-refractivity contribution is 6.25. The van der Waals surface area contributed by atoms with E-state index in [-0.39, 0.29) is 0 Å². The minimum absolute atomic E-state index is 0.668. The van der Waals surface area contributed by atoms with Gasteiger partial charge in [0.1, 0.15) is 11.5 Å². The molecule has 0 N–H and O–H groups in total. The van der Waals surface area contributed by atoms with Crippen molar-refractivity contribution in [1.82, 2.24) is 0 Å². The van der Waals surface area contributed by atoms with E-state index in [9.17, 15) is 0 Å². The number of rotatable bonds is 4. The molecule has 15 heavy (non-hydrogen) atoms. The minimum atomic E-state index is 0.668. The normalized spacial score (nSPS) is 11.7. The van der Waals surface area contributed by atoms with Gasteiger partial charge in [0, 0.05) is 5.54 Å². The minimum Gasteiger partial charge on any atom is -0.457 e. The van der Waals surface area contributed by atoms with Crippen molar-refractivity contribution < 1.29 is 4.74 Å². The first kappa shape index (κ1) is 11.6. The Balaban J connectivity index is 2.84. The molecule has 0 saturated carbocycles. The van der Waals surface area contributed by atoms with Crippen LogP contribution in [0.2, 0.25) is 0 Å². The van der Waals surface area contributed by atoms with E-state index in [4.69, 9.17) is 16.3 Å². The molecule has 1 aromatic carbocycles. The van der Waals surface area contributed by atoms with Gasteiger partial charge in [0.25, 0.3) is 0 Å². The molecule has 2 heteroatoms. The lowest BCUT2D eigenvalue weighted by Gasteiger charge is -2.08. The first-order valence-electron chi connectivity index (χ1n) is 4.61. The number of aryl methyl sites for hydroxylation is 1. The summed E-state index contributed by atoms with van der Waals surface area (Å²) in [4.78, 5) is 0. The smallest absolute Gasteiger partial charge is 0.130 e. The molecule has 0 radical (unpaired) electrons. The van der Waals surface area contributed by atoms with Crippen LogP contribution in [0.1, 0.15) is 5.56 Å². The van der Waals surface area contributed by atoms with E-state index in [1.807, 2.05) is 31.2 Å². The van der Waals surface area contributed by atoms with Gasteiger partial charge in [0.2, 0.25) is 0 Å². The fourth-order valence-electron chi connectivity index (χ4n) is 1.07. The predicted octanol–water partition coefficient (Wildman–Crippen LogP) is 4.20. The molecule has 0 saturated heterocycles. The summed E-state index contributed by atoms with van der Waals surface area (Å²) in [5, 5.41) is 0. The van der Waals surface area contributed by atoms with Gasteiger partial charge in [-0.15, -0.1) is 0 Å².